The van der Waals surface area contributed by atoms with Gasteiger partial charge in [-0.25, -0.2) is 4.68 Å². The van der Waals surface area contributed by atoms with Crippen molar-refractivity contribution < 1.29 is 14.7 Å². The van der Waals surface area contributed by atoms with Crippen LogP contribution in [0.1, 0.15) is 27.1 Å². The zero-order chi connectivity index (χ0) is 23.0. The summed E-state index contributed by atoms with van der Waals surface area (Å²) < 4.78 is 1.81. The number of aromatic nitrogens is 2. The second-order valence-corrected chi connectivity index (χ2v) is 7.46. The summed E-state index contributed by atoms with van der Waals surface area (Å²) in [4.78, 5) is 24.7. The van der Waals surface area contributed by atoms with Gasteiger partial charge in [-0.15, -0.1) is 0 Å². The molecule has 0 aliphatic rings. The van der Waals surface area contributed by atoms with Gasteiger partial charge in [-0.3, -0.25) is 9.59 Å². The Labute approximate surface area is 191 Å². The SMILES string of the molecule is O=C(NCCCNC(=O)c1cccc(-n2nccc2-c2ccccc2)c1)c1cccc(O)c1. The number of benzene rings is 3. The molecule has 0 radical (unpaired) electrons. The van der Waals surface area contributed by atoms with Gasteiger partial charge in [0, 0.05) is 29.8 Å². The Hall–Kier alpha value is -4.39. The van der Waals surface area contributed by atoms with Crippen molar-refractivity contribution in [1.82, 2.24) is 20.4 Å². The van der Waals surface area contributed by atoms with Crippen molar-refractivity contribution in [2.24, 2.45) is 0 Å². The van der Waals surface area contributed by atoms with E-state index < -0.39 is 0 Å². The standard InChI is InChI=1S/C26H24N4O3/c31-23-12-5-10-21(18-23)26(33)28-15-6-14-27-25(32)20-9-4-11-22(17-20)30-24(13-16-29-30)19-7-2-1-3-8-19/h1-5,7-13,16-18,31H,6,14-15H2,(H,27,32)(H,28,33). The molecule has 166 valence electrons. The van der Waals surface area contributed by atoms with E-state index in [0.717, 1.165) is 16.9 Å². The lowest BCUT2D eigenvalue weighted by molar-refractivity contribution is 0.0951. The second-order valence-electron chi connectivity index (χ2n) is 7.46. The van der Waals surface area contributed by atoms with Gasteiger partial charge in [0.15, 0.2) is 0 Å². The fraction of sp³-hybridized carbons (Fsp3) is 0.115. The number of hydrogen-bond acceptors (Lipinski definition) is 4. The summed E-state index contributed by atoms with van der Waals surface area (Å²) in [5.41, 5.74) is 3.70. The summed E-state index contributed by atoms with van der Waals surface area (Å²) in [5, 5.41) is 19.5. The number of phenols is 1. The highest BCUT2D eigenvalue weighted by atomic mass is 16.3. The van der Waals surface area contributed by atoms with Crippen molar-refractivity contribution >= 4 is 11.8 Å². The van der Waals surface area contributed by atoms with E-state index in [1.54, 1.807) is 30.5 Å². The van der Waals surface area contributed by atoms with Crippen molar-refractivity contribution in [2.75, 3.05) is 13.1 Å². The summed E-state index contributed by atoms with van der Waals surface area (Å²) in [7, 11) is 0. The van der Waals surface area contributed by atoms with Crippen LogP contribution in [0, 0.1) is 0 Å². The van der Waals surface area contributed by atoms with Crippen LogP contribution in [0.2, 0.25) is 0 Å². The predicted molar refractivity (Wildman–Crippen MR) is 126 cm³/mol. The maximum atomic E-state index is 12.6. The van der Waals surface area contributed by atoms with Crippen LogP contribution >= 0.6 is 0 Å². The number of rotatable bonds is 8. The minimum Gasteiger partial charge on any atom is -0.508 e. The Morgan fingerprint density at radius 2 is 1.45 bits per heavy atom. The van der Waals surface area contributed by atoms with Crippen molar-refractivity contribution in [3.05, 3.63) is 102 Å². The lowest BCUT2D eigenvalue weighted by Crippen LogP contribution is -2.29. The number of amides is 2. The molecule has 0 aliphatic heterocycles. The normalized spacial score (nSPS) is 10.5. The molecule has 0 saturated carbocycles. The third kappa shape index (κ3) is 5.46. The fourth-order valence-corrected chi connectivity index (χ4v) is 3.46. The number of hydrogen-bond donors (Lipinski definition) is 3. The van der Waals surface area contributed by atoms with Crippen LogP contribution in [0.15, 0.2) is 91.1 Å². The zero-order valence-electron chi connectivity index (χ0n) is 17.9. The Bertz CT molecular complexity index is 1250. The first-order valence-electron chi connectivity index (χ1n) is 10.7. The van der Waals surface area contributed by atoms with Gasteiger partial charge in [-0.05, 0) is 48.9 Å². The average molecular weight is 441 g/mol. The molecule has 0 aliphatic carbocycles. The van der Waals surface area contributed by atoms with Crippen molar-refractivity contribution in [1.29, 1.82) is 0 Å². The summed E-state index contributed by atoms with van der Waals surface area (Å²) >= 11 is 0. The molecule has 33 heavy (non-hydrogen) atoms. The lowest BCUT2D eigenvalue weighted by Gasteiger charge is -2.10. The van der Waals surface area contributed by atoms with Crippen LogP contribution in [-0.4, -0.2) is 39.8 Å². The van der Waals surface area contributed by atoms with Crippen molar-refractivity contribution in [2.45, 2.75) is 6.42 Å². The topological polar surface area (TPSA) is 96.3 Å². The van der Waals surface area contributed by atoms with Crippen LogP contribution in [0.4, 0.5) is 0 Å². The molecule has 1 aromatic heterocycles. The van der Waals surface area contributed by atoms with Crippen molar-refractivity contribution in [3.8, 4) is 22.7 Å². The number of nitrogens with zero attached hydrogens (tertiary/aromatic N) is 2. The Morgan fingerprint density at radius 3 is 2.15 bits per heavy atom. The summed E-state index contributed by atoms with van der Waals surface area (Å²) in [6.45, 7) is 0.822. The quantitative estimate of drug-likeness (QED) is 0.363. The molecule has 2 amide bonds. The molecule has 0 atom stereocenters. The molecule has 4 aromatic rings. The summed E-state index contributed by atoms with van der Waals surface area (Å²) in [5.74, 6) is -0.411. The maximum Gasteiger partial charge on any atom is 0.251 e. The van der Waals surface area contributed by atoms with Gasteiger partial charge in [-0.2, -0.15) is 5.10 Å². The molecular formula is C26H24N4O3. The maximum absolute atomic E-state index is 12.6. The van der Waals surface area contributed by atoms with Gasteiger partial charge in [0.1, 0.15) is 5.75 Å². The third-order valence-electron chi connectivity index (χ3n) is 5.10. The highest BCUT2D eigenvalue weighted by Gasteiger charge is 2.11. The summed E-state index contributed by atoms with van der Waals surface area (Å²) in [6, 6.07) is 25.4. The van der Waals surface area contributed by atoms with E-state index in [1.807, 2.05) is 53.2 Å². The first-order chi connectivity index (χ1) is 16.1. The Morgan fingerprint density at radius 1 is 0.788 bits per heavy atom. The fourth-order valence-electron chi connectivity index (χ4n) is 3.46. The lowest BCUT2D eigenvalue weighted by atomic mass is 10.1. The highest BCUT2D eigenvalue weighted by molar-refractivity contribution is 5.95. The first-order valence-corrected chi connectivity index (χ1v) is 10.7. The van der Waals surface area contributed by atoms with Crippen molar-refractivity contribution in [3.63, 3.8) is 0 Å². The minimum atomic E-state index is -0.265. The molecule has 1 heterocycles. The molecule has 7 nitrogen and oxygen atoms in total. The van der Waals surface area contributed by atoms with E-state index in [4.69, 9.17) is 0 Å². The molecule has 4 rings (SSSR count). The van der Waals surface area contributed by atoms with E-state index in [2.05, 4.69) is 15.7 Å². The third-order valence-corrected chi connectivity index (χ3v) is 5.10. The molecule has 0 saturated heterocycles. The van der Waals surface area contributed by atoms with E-state index in [1.165, 1.54) is 12.1 Å². The average Bonchev–Trinajstić information content (AvgIpc) is 3.34. The number of phenolic OH excluding ortho intramolecular Hbond substituents is 1. The van der Waals surface area contributed by atoms with E-state index in [-0.39, 0.29) is 17.6 Å². The highest BCUT2D eigenvalue weighted by Crippen LogP contribution is 2.22. The largest absolute Gasteiger partial charge is 0.508 e. The Balaban J connectivity index is 1.32. The smallest absolute Gasteiger partial charge is 0.251 e. The number of carbonyl (C=O) groups excluding carboxylic acids is 2. The minimum absolute atomic E-state index is 0.0446. The molecule has 3 aromatic carbocycles. The molecule has 0 unspecified atom stereocenters. The van der Waals surface area contributed by atoms with Crippen LogP contribution in [-0.2, 0) is 0 Å². The van der Waals surface area contributed by atoms with Crippen LogP contribution in [0.25, 0.3) is 16.9 Å². The van der Waals surface area contributed by atoms with E-state index in [9.17, 15) is 14.7 Å². The van der Waals surface area contributed by atoms with Crippen LogP contribution in [0.5, 0.6) is 5.75 Å². The predicted octanol–water partition coefficient (Wildman–Crippen LogP) is 3.79. The van der Waals surface area contributed by atoms with E-state index >= 15 is 0 Å². The monoisotopic (exact) mass is 440 g/mol. The van der Waals surface area contributed by atoms with Crippen LogP contribution in [0.3, 0.4) is 0 Å². The number of aromatic hydroxyl groups is 1. The Kier molecular flexibility index (Phi) is 6.80. The molecule has 0 fully saturated rings. The van der Waals surface area contributed by atoms with Gasteiger partial charge < -0.3 is 15.7 Å². The number of carbonyl (C=O) groups is 2. The van der Waals surface area contributed by atoms with Gasteiger partial charge in [0.25, 0.3) is 11.8 Å². The zero-order valence-corrected chi connectivity index (χ0v) is 17.9. The van der Waals surface area contributed by atoms with E-state index in [0.29, 0.717) is 30.6 Å². The molecule has 3 N–H and O–H groups in total. The van der Waals surface area contributed by atoms with Gasteiger partial charge in [0.05, 0.1) is 17.6 Å². The summed E-state index contributed by atoms with van der Waals surface area (Å²) in [6.07, 6.45) is 2.31. The second kappa shape index (κ2) is 10.3. The molecule has 0 spiro atoms. The molecule has 7 heteroatoms. The molecule has 0 bridgehead atoms. The van der Waals surface area contributed by atoms with Crippen LogP contribution < -0.4 is 10.6 Å². The first kappa shape index (κ1) is 21.8. The van der Waals surface area contributed by atoms with Gasteiger partial charge >= 0.3 is 0 Å². The van der Waals surface area contributed by atoms with Gasteiger partial charge in [0.2, 0.25) is 0 Å². The number of nitrogens with one attached hydrogen (secondary N) is 2. The molecular weight excluding hydrogens is 416 g/mol. The van der Waals surface area contributed by atoms with Gasteiger partial charge in [-0.1, -0.05) is 42.5 Å².